The van der Waals surface area contributed by atoms with Crippen LogP contribution in [0.3, 0.4) is 0 Å². The topological polar surface area (TPSA) is 217 Å². The second-order valence-electron chi connectivity index (χ2n) is 4.92. The van der Waals surface area contributed by atoms with E-state index in [0.717, 1.165) is 0 Å². The van der Waals surface area contributed by atoms with Crippen LogP contribution in [0.15, 0.2) is 0 Å². The molecular weight excluding hydrogens is 354 g/mol. The van der Waals surface area contributed by atoms with Gasteiger partial charge in [0.15, 0.2) is 0 Å². The molecule has 0 fully saturated rings. The van der Waals surface area contributed by atoms with Crippen LogP contribution in [0, 0.1) is 0 Å². The fourth-order valence-electron chi connectivity index (χ4n) is 1.56. The van der Waals surface area contributed by atoms with Crippen molar-refractivity contribution >= 4 is 35.6 Å². The third kappa shape index (κ3) is 11.3. The number of nitrogens with two attached hydrogens (primary N) is 1. The van der Waals surface area contributed by atoms with Gasteiger partial charge in [0.1, 0.15) is 12.6 Å². The van der Waals surface area contributed by atoms with Crippen LogP contribution in [0.5, 0.6) is 0 Å². The van der Waals surface area contributed by atoms with E-state index in [1.54, 1.807) is 0 Å². The van der Waals surface area contributed by atoms with Gasteiger partial charge in [-0.25, -0.2) is 0 Å². The Morgan fingerprint density at radius 1 is 0.769 bits per heavy atom. The van der Waals surface area contributed by atoms with Crippen LogP contribution in [0.2, 0.25) is 0 Å². The highest BCUT2D eigenvalue weighted by atomic mass is 16.4. The van der Waals surface area contributed by atoms with Crippen LogP contribution in [-0.2, 0) is 28.8 Å². The standard InChI is InChI=1S/C13H21N5O8/c14-3-8(19)15-5-10(21)18-7(1-2-11(22)23)13(26)17-4-9(20)16-6-12(24)25/h7H,1-6,14H2,(H,15,19)(H,16,20)(H,17,26)(H,18,21)(H,22,23)(H,24,25)/t7-/m0/s1. The molecule has 0 unspecified atom stereocenters. The van der Waals surface area contributed by atoms with Crippen molar-refractivity contribution in [2.24, 2.45) is 5.73 Å². The maximum absolute atomic E-state index is 12.0. The van der Waals surface area contributed by atoms with Crippen molar-refractivity contribution in [3.05, 3.63) is 0 Å². The highest BCUT2D eigenvalue weighted by Crippen LogP contribution is 1.98. The summed E-state index contributed by atoms with van der Waals surface area (Å²) >= 11 is 0. The Balaban J connectivity index is 4.58. The smallest absolute Gasteiger partial charge is 0.322 e. The molecule has 26 heavy (non-hydrogen) atoms. The van der Waals surface area contributed by atoms with E-state index < -0.39 is 67.7 Å². The molecule has 0 aromatic carbocycles. The molecule has 0 radical (unpaired) electrons. The molecule has 0 aromatic heterocycles. The summed E-state index contributed by atoms with van der Waals surface area (Å²) in [7, 11) is 0. The van der Waals surface area contributed by atoms with Crippen LogP contribution in [0.25, 0.3) is 0 Å². The summed E-state index contributed by atoms with van der Waals surface area (Å²) in [5.74, 6) is -5.44. The lowest BCUT2D eigenvalue weighted by Crippen LogP contribution is -2.51. The predicted octanol–water partition coefficient (Wildman–Crippen LogP) is -4.27. The summed E-state index contributed by atoms with van der Waals surface area (Å²) in [6.07, 6.45) is -0.687. The van der Waals surface area contributed by atoms with Crippen LogP contribution < -0.4 is 27.0 Å². The monoisotopic (exact) mass is 375 g/mol. The third-order valence-corrected chi connectivity index (χ3v) is 2.79. The highest BCUT2D eigenvalue weighted by molar-refractivity contribution is 5.92. The van der Waals surface area contributed by atoms with E-state index in [9.17, 15) is 28.8 Å². The molecule has 0 spiro atoms. The summed E-state index contributed by atoms with van der Waals surface area (Å²) in [4.78, 5) is 67.0. The van der Waals surface area contributed by atoms with Gasteiger partial charge in [0.05, 0.1) is 19.6 Å². The van der Waals surface area contributed by atoms with Gasteiger partial charge in [0, 0.05) is 6.42 Å². The van der Waals surface area contributed by atoms with Crippen molar-refractivity contribution in [3.8, 4) is 0 Å². The summed E-state index contributed by atoms with van der Waals surface area (Å²) in [5.41, 5.74) is 5.05. The Kier molecular flexibility index (Phi) is 10.7. The summed E-state index contributed by atoms with van der Waals surface area (Å²) in [6.45, 7) is -1.99. The zero-order valence-corrected chi connectivity index (χ0v) is 13.7. The average Bonchev–Trinajstić information content (AvgIpc) is 2.58. The van der Waals surface area contributed by atoms with Crippen LogP contribution in [0.4, 0.5) is 0 Å². The third-order valence-electron chi connectivity index (χ3n) is 2.79. The number of aliphatic carboxylic acids is 2. The van der Waals surface area contributed by atoms with Crippen molar-refractivity contribution in [3.63, 3.8) is 0 Å². The lowest BCUT2D eigenvalue weighted by atomic mass is 10.1. The number of carbonyl (C=O) groups is 6. The number of hydrogen-bond acceptors (Lipinski definition) is 7. The molecule has 0 aliphatic rings. The van der Waals surface area contributed by atoms with Gasteiger partial charge in [-0.05, 0) is 6.42 Å². The SMILES string of the molecule is NCC(=O)NCC(=O)N[C@@H](CCC(=O)O)C(=O)NCC(=O)NCC(=O)O. The molecule has 0 saturated carbocycles. The van der Waals surface area contributed by atoms with E-state index in [0.29, 0.717) is 0 Å². The average molecular weight is 375 g/mol. The van der Waals surface area contributed by atoms with Gasteiger partial charge in [-0.15, -0.1) is 0 Å². The van der Waals surface area contributed by atoms with Gasteiger partial charge in [-0.3, -0.25) is 28.8 Å². The number of hydrogen-bond donors (Lipinski definition) is 7. The van der Waals surface area contributed by atoms with Crippen LogP contribution in [0.1, 0.15) is 12.8 Å². The largest absolute Gasteiger partial charge is 0.481 e. The second kappa shape index (κ2) is 12.2. The fourth-order valence-corrected chi connectivity index (χ4v) is 1.56. The first-order valence-corrected chi connectivity index (χ1v) is 7.39. The molecule has 0 bridgehead atoms. The molecule has 0 heterocycles. The minimum Gasteiger partial charge on any atom is -0.481 e. The van der Waals surface area contributed by atoms with E-state index in [4.69, 9.17) is 15.9 Å². The lowest BCUT2D eigenvalue weighted by Gasteiger charge is -2.18. The summed E-state index contributed by atoms with van der Waals surface area (Å²) < 4.78 is 0. The molecule has 13 heteroatoms. The maximum atomic E-state index is 12.0. The highest BCUT2D eigenvalue weighted by Gasteiger charge is 2.22. The van der Waals surface area contributed by atoms with E-state index in [2.05, 4.69) is 16.0 Å². The van der Waals surface area contributed by atoms with Crippen molar-refractivity contribution in [1.82, 2.24) is 21.3 Å². The normalized spacial score (nSPS) is 11.0. The molecule has 146 valence electrons. The zero-order valence-electron chi connectivity index (χ0n) is 13.7. The molecule has 0 aromatic rings. The lowest BCUT2D eigenvalue weighted by molar-refractivity contribution is -0.138. The molecular formula is C13H21N5O8. The molecule has 1 atom stereocenters. The Labute approximate surface area is 147 Å². The summed E-state index contributed by atoms with van der Waals surface area (Å²) in [6, 6.07) is -1.26. The van der Waals surface area contributed by atoms with E-state index in [-0.39, 0.29) is 13.0 Å². The molecule has 13 nitrogen and oxygen atoms in total. The van der Waals surface area contributed by atoms with E-state index in [1.807, 2.05) is 5.32 Å². The quantitative estimate of drug-likeness (QED) is 0.175. The number of carboxylic acid groups (broad SMARTS) is 2. The zero-order chi connectivity index (χ0) is 20.1. The number of carboxylic acids is 2. The van der Waals surface area contributed by atoms with Gasteiger partial charge >= 0.3 is 11.9 Å². The first-order chi connectivity index (χ1) is 12.1. The van der Waals surface area contributed by atoms with Crippen LogP contribution in [-0.4, -0.2) is 78.0 Å². The molecule has 0 saturated heterocycles. The number of rotatable bonds is 12. The maximum Gasteiger partial charge on any atom is 0.322 e. The second-order valence-corrected chi connectivity index (χ2v) is 4.92. The van der Waals surface area contributed by atoms with E-state index >= 15 is 0 Å². The molecule has 0 rings (SSSR count). The summed E-state index contributed by atoms with van der Waals surface area (Å²) in [5, 5.41) is 25.7. The Morgan fingerprint density at radius 2 is 1.35 bits per heavy atom. The van der Waals surface area contributed by atoms with Crippen LogP contribution >= 0.6 is 0 Å². The van der Waals surface area contributed by atoms with Gasteiger partial charge in [-0.1, -0.05) is 0 Å². The minimum atomic E-state index is -1.27. The fraction of sp³-hybridized carbons (Fsp3) is 0.538. The molecule has 0 aliphatic carbocycles. The van der Waals surface area contributed by atoms with Gasteiger partial charge in [0.25, 0.3) is 0 Å². The number of nitrogens with one attached hydrogen (secondary N) is 4. The predicted molar refractivity (Wildman–Crippen MR) is 84.5 cm³/mol. The Bertz CT molecular complexity index is 565. The first-order valence-electron chi connectivity index (χ1n) is 7.39. The van der Waals surface area contributed by atoms with Gasteiger partial charge in [-0.2, -0.15) is 0 Å². The number of carbonyl (C=O) groups excluding carboxylic acids is 4. The Hall–Kier alpha value is -3.22. The van der Waals surface area contributed by atoms with Crippen molar-refractivity contribution < 1.29 is 39.0 Å². The van der Waals surface area contributed by atoms with Crippen molar-refractivity contribution in [1.29, 1.82) is 0 Å². The molecule has 4 amide bonds. The van der Waals surface area contributed by atoms with Gasteiger partial charge in [0.2, 0.25) is 23.6 Å². The van der Waals surface area contributed by atoms with E-state index in [1.165, 1.54) is 0 Å². The van der Waals surface area contributed by atoms with Crippen molar-refractivity contribution in [2.75, 3.05) is 26.2 Å². The number of amides is 4. The Morgan fingerprint density at radius 3 is 1.88 bits per heavy atom. The molecule has 0 aliphatic heterocycles. The minimum absolute atomic E-state index is 0.255. The van der Waals surface area contributed by atoms with Gasteiger partial charge < -0.3 is 37.2 Å². The van der Waals surface area contributed by atoms with Crippen molar-refractivity contribution in [2.45, 2.75) is 18.9 Å². The first kappa shape index (κ1) is 22.8. The molecule has 8 N–H and O–H groups in total.